The molecule has 0 unspecified atom stereocenters. The molecule has 0 saturated carbocycles. The smallest absolute Gasteiger partial charge is 0.291 e. The van der Waals surface area contributed by atoms with Crippen molar-refractivity contribution in [1.82, 2.24) is 5.32 Å². The number of rotatable bonds is 3. The van der Waals surface area contributed by atoms with Crippen LogP contribution in [0.4, 0.5) is 11.4 Å². The van der Waals surface area contributed by atoms with E-state index in [0.29, 0.717) is 22.1 Å². The van der Waals surface area contributed by atoms with Crippen molar-refractivity contribution in [2.75, 3.05) is 11.6 Å². The number of amides is 1. The molecule has 124 valence electrons. The molecule has 0 bridgehead atoms. The van der Waals surface area contributed by atoms with Crippen molar-refractivity contribution in [2.45, 2.75) is 0 Å². The number of nitriles is 1. The van der Waals surface area contributed by atoms with Crippen molar-refractivity contribution < 1.29 is 9.21 Å². The molecule has 0 fully saturated rings. The van der Waals surface area contributed by atoms with Crippen LogP contribution in [0.3, 0.4) is 0 Å². The molecule has 0 saturated heterocycles. The maximum absolute atomic E-state index is 12.3. The number of nitrogens with one attached hydrogen (secondary N) is 2. The van der Waals surface area contributed by atoms with Gasteiger partial charge in [-0.15, -0.1) is 0 Å². The third-order valence-electron chi connectivity index (χ3n) is 3.36. The number of para-hydroxylation sites is 1. The van der Waals surface area contributed by atoms with Crippen LogP contribution in [-0.4, -0.2) is 17.3 Å². The quantitative estimate of drug-likeness (QED) is 0.321. The van der Waals surface area contributed by atoms with E-state index < -0.39 is 0 Å². The summed E-state index contributed by atoms with van der Waals surface area (Å²) in [5.41, 5.74) is 1.98. The Kier molecular flexibility index (Phi) is 5.02. The number of nitrogens with zero attached hydrogens (tertiary/aromatic N) is 2. The maximum Gasteiger partial charge on any atom is 0.291 e. The first-order chi connectivity index (χ1) is 12.2. The molecule has 0 atom stereocenters. The number of carbonyl (C=O) groups excluding carboxylic acids is 1. The molecule has 7 heteroatoms. The molecule has 2 N–H and O–H groups in total. The predicted octanol–water partition coefficient (Wildman–Crippen LogP) is 4.11. The third-order valence-corrected chi connectivity index (χ3v) is 3.94. The molecular weight excluding hydrogens is 336 g/mol. The molecule has 0 radical (unpaired) electrons. The molecule has 0 aliphatic carbocycles. The Morgan fingerprint density at radius 2 is 1.96 bits per heavy atom. The number of benzene rings is 2. The summed E-state index contributed by atoms with van der Waals surface area (Å²) in [6.07, 6.45) is 3.66. The van der Waals surface area contributed by atoms with Gasteiger partial charge in [-0.05, 0) is 42.7 Å². The van der Waals surface area contributed by atoms with Gasteiger partial charge in [-0.2, -0.15) is 5.26 Å². The molecule has 1 aromatic heterocycles. The molecule has 1 heterocycles. The summed E-state index contributed by atoms with van der Waals surface area (Å²) >= 11 is 1.34. The lowest BCUT2D eigenvalue weighted by Gasteiger charge is -2.04. The van der Waals surface area contributed by atoms with Crippen molar-refractivity contribution in [3.8, 4) is 6.19 Å². The van der Waals surface area contributed by atoms with E-state index in [-0.39, 0.29) is 11.7 Å². The highest BCUT2D eigenvalue weighted by Crippen LogP contribution is 2.21. The van der Waals surface area contributed by atoms with E-state index in [2.05, 4.69) is 15.6 Å². The van der Waals surface area contributed by atoms with E-state index in [1.165, 1.54) is 11.8 Å². The van der Waals surface area contributed by atoms with Crippen molar-refractivity contribution in [3.63, 3.8) is 0 Å². The van der Waals surface area contributed by atoms with Gasteiger partial charge < -0.3 is 9.73 Å². The van der Waals surface area contributed by atoms with Crippen LogP contribution in [-0.2, 0) is 0 Å². The Morgan fingerprint density at radius 3 is 2.64 bits per heavy atom. The van der Waals surface area contributed by atoms with Gasteiger partial charge in [0.1, 0.15) is 5.58 Å². The second-order valence-corrected chi connectivity index (χ2v) is 5.80. The zero-order valence-electron chi connectivity index (χ0n) is 13.3. The lowest BCUT2D eigenvalue weighted by molar-refractivity contribution is 0.0998. The van der Waals surface area contributed by atoms with Crippen LogP contribution < -0.4 is 10.6 Å². The Balaban J connectivity index is 1.72. The van der Waals surface area contributed by atoms with Gasteiger partial charge in [0.2, 0.25) is 0 Å². The molecule has 3 aromatic rings. The Morgan fingerprint density at radius 1 is 1.20 bits per heavy atom. The lowest BCUT2D eigenvalue weighted by atomic mass is 10.2. The maximum atomic E-state index is 12.3. The minimum Gasteiger partial charge on any atom is -0.451 e. The summed E-state index contributed by atoms with van der Waals surface area (Å²) in [4.78, 5) is 16.6. The summed E-state index contributed by atoms with van der Waals surface area (Å²) in [7, 11) is 0. The Labute approximate surface area is 148 Å². The van der Waals surface area contributed by atoms with Crippen LogP contribution in [0.1, 0.15) is 10.6 Å². The van der Waals surface area contributed by atoms with Crippen LogP contribution in [0.25, 0.3) is 11.0 Å². The molecule has 0 spiro atoms. The molecule has 0 aliphatic rings. The Bertz CT molecular complexity index is 938. The fraction of sp³-hybridized carbons (Fsp3) is 0.0556. The summed E-state index contributed by atoms with van der Waals surface area (Å²) < 4.78 is 5.54. The number of furan rings is 1. The number of thioether (sulfide) groups is 1. The summed E-state index contributed by atoms with van der Waals surface area (Å²) in [6, 6.07) is 16.2. The molecule has 0 aliphatic heterocycles. The number of anilines is 1. The fourth-order valence-corrected chi connectivity index (χ4v) is 2.54. The van der Waals surface area contributed by atoms with Crippen molar-refractivity contribution in [3.05, 3.63) is 60.4 Å². The highest BCUT2D eigenvalue weighted by molar-refractivity contribution is 8.13. The van der Waals surface area contributed by atoms with Gasteiger partial charge in [-0.3, -0.25) is 10.1 Å². The topological polar surface area (TPSA) is 90.4 Å². The van der Waals surface area contributed by atoms with Crippen LogP contribution in [0.2, 0.25) is 0 Å². The zero-order chi connectivity index (χ0) is 17.6. The highest BCUT2D eigenvalue weighted by Gasteiger charge is 2.12. The number of fused-ring (bicyclic) bond motifs is 1. The largest absolute Gasteiger partial charge is 0.451 e. The third kappa shape index (κ3) is 4.00. The molecule has 6 nitrogen and oxygen atoms in total. The number of hydrogen-bond donors (Lipinski definition) is 2. The van der Waals surface area contributed by atoms with Gasteiger partial charge in [0.25, 0.3) is 5.91 Å². The van der Waals surface area contributed by atoms with Gasteiger partial charge in [0.15, 0.2) is 17.1 Å². The first-order valence-corrected chi connectivity index (χ1v) is 8.60. The van der Waals surface area contributed by atoms with Gasteiger partial charge >= 0.3 is 0 Å². The van der Waals surface area contributed by atoms with Crippen LogP contribution in [0.5, 0.6) is 0 Å². The average molecular weight is 350 g/mol. The molecule has 2 aromatic carbocycles. The van der Waals surface area contributed by atoms with E-state index in [1.807, 2.05) is 36.7 Å². The number of aliphatic imine (C=N–C) groups is 1. The Hall–Kier alpha value is -3.24. The summed E-state index contributed by atoms with van der Waals surface area (Å²) in [5, 5.41) is 15.3. The SMILES string of the molecule is CSC(=Nc1ccc(NC(=O)c2cc3ccccc3o2)cc1)NC#N. The van der Waals surface area contributed by atoms with Crippen molar-refractivity contribution >= 4 is 45.2 Å². The highest BCUT2D eigenvalue weighted by atomic mass is 32.2. The van der Waals surface area contributed by atoms with Gasteiger partial charge in [-0.1, -0.05) is 30.0 Å². The fourth-order valence-electron chi connectivity index (χ4n) is 2.20. The van der Waals surface area contributed by atoms with E-state index in [0.717, 1.165) is 5.39 Å². The van der Waals surface area contributed by atoms with Crippen LogP contribution >= 0.6 is 11.8 Å². The monoisotopic (exact) mass is 350 g/mol. The van der Waals surface area contributed by atoms with E-state index in [1.54, 1.807) is 30.3 Å². The first kappa shape index (κ1) is 16.6. The predicted molar refractivity (Wildman–Crippen MR) is 100.0 cm³/mol. The summed E-state index contributed by atoms with van der Waals surface area (Å²) in [5.74, 6) is -0.0606. The van der Waals surface area contributed by atoms with Crippen molar-refractivity contribution in [1.29, 1.82) is 5.26 Å². The lowest BCUT2D eigenvalue weighted by Crippen LogP contribution is -2.12. The number of carbonyl (C=O) groups is 1. The van der Waals surface area contributed by atoms with Gasteiger partial charge in [0, 0.05) is 11.1 Å². The van der Waals surface area contributed by atoms with Gasteiger partial charge in [-0.25, -0.2) is 4.99 Å². The average Bonchev–Trinajstić information content (AvgIpc) is 3.07. The van der Waals surface area contributed by atoms with E-state index >= 15 is 0 Å². The second-order valence-electron chi connectivity index (χ2n) is 5.01. The summed E-state index contributed by atoms with van der Waals surface area (Å²) in [6.45, 7) is 0. The zero-order valence-corrected chi connectivity index (χ0v) is 14.1. The molecule has 1 amide bonds. The molecule has 25 heavy (non-hydrogen) atoms. The minimum atomic E-state index is -0.316. The standard InChI is InChI=1S/C18H14N4O2S/c1-25-18(20-11-19)22-14-8-6-13(7-9-14)21-17(23)16-10-12-4-2-3-5-15(12)24-16/h2-10H,1H3,(H,20,22)(H,21,23). The van der Waals surface area contributed by atoms with Gasteiger partial charge in [0.05, 0.1) is 5.69 Å². The molecular formula is C18H14N4O2S. The number of hydrogen-bond acceptors (Lipinski definition) is 5. The molecule has 3 rings (SSSR count). The minimum absolute atomic E-state index is 0.256. The normalized spacial score (nSPS) is 11.1. The van der Waals surface area contributed by atoms with Crippen LogP contribution in [0.15, 0.2) is 64.0 Å². The second kappa shape index (κ2) is 7.55. The van der Waals surface area contributed by atoms with E-state index in [4.69, 9.17) is 9.68 Å². The van der Waals surface area contributed by atoms with E-state index in [9.17, 15) is 4.79 Å². The van der Waals surface area contributed by atoms with Crippen LogP contribution in [0, 0.1) is 11.5 Å². The van der Waals surface area contributed by atoms with Crippen molar-refractivity contribution in [2.24, 2.45) is 4.99 Å². The first-order valence-electron chi connectivity index (χ1n) is 7.37. The number of amidine groups is 1.